The van der Waals surface area contributed by atoms with Gasteiger partial charge in [-0.3, -0.25) is 0 Å². The minimum Gasteiger partial charge on any atom is -0.507 e. The SMILES string of the molecule is Oc1ccccc1C=Cc1ccccc1.c1cncnc1. The van der Waals surface area contributed by atoms with Crippen LogP contribution in [0.25, 0.3) is 12.2 Å². The zero-order valence-electron chi connectivity index (χ0n) is 11.5. The van der Waals surface area contributed by atoms with E-state index in [4.69, 9.17) is 0 Å². The zero-order valence-corrected chi connectivity index (χ0v) is 11.5. The van der Waals surface area contributed by atoms with Gasteiger partial charge in [0.2, 0.25) is 0 Å². The molecule has 21 heavy (non-hydrogen) atoms. The minimum absolute atomic E-state index is 0.310. The summed E-state index contributed by atoms with van der Waals surface area (Å²) in [5, 5.41) is 9.54. The molecule has 1 aromatic heterocycles. The summed E-state index contributed by atoms with van der Waals surface area (Å²) in [5.41, 5.74) is 1.96. The molecular weight excluding hydrogens is 260 g/mol. The third-order valence-electron chi connectivity index (χ3n) is 2.67. The van der Waals surface area contributed by atoms with Crippen LogP contribution in [0.5, 0.6) is 5.75 Å². The molecule has 3 rings (SSSR count). The summed E-state index contributed by atoms with van der Waals surface area (Å²) >= 11 is 0. The van der Waals surface area contributed by atoms with Crippen molar-refractivity contribution in [2.24, 2.45) is 0 Å². The van der Waals surface area contributed by atoms with Gasteiger partial charge in [0, 0.05) is 18.0 Å². The number of hydrogen-bond donors (Lipinski definition) is 1. The van der Waals surface area contributed by atoms with Crippen LogP contribution in [-0.4, -0.2) is 15.1 Å². The van der Waals surface area contributed by atoms with Crippen molar-refractivity contribution in [2.45, 2.75) is 0 Å². The third-order valence-corrected chi connectivity index (χ3v) is 2.67. The Morgan fingerprint density at radius 3 is 1.95 bits per heavy atom. The average molecular weight is 276 g/mol. The molecule has 1 N–H and O–H groups in total. The Labute approximate surface area is 124 Å². The lowest BCUT2D eigenvalue weighted by atomic mass is 10.1. The van der Waals surface area contributed by atoms with Crippen LogP contribution < -0.4 is 0 Å². The quantitative estimate of drug-likeness (QED) is 0.718. The van der Waals surface area contributed by atoms with Crippen LogP contribution >= 0.6 is 0 Å². The van der Waals surface area contributed by atoms with E-state index < -0.39 is 0 Å². The first kappa shape index (κ1) is 14.5. The average Bonchev–Trinajstić information content (AvgIpc) is 2.57. The first-order chi connectivity index (χ1) is 10.4. The maximum atomic E-state index is 9.54. The molecule has 0 fully saturated rings. The molecule has 0 atom stereocenters. The van der Waals surface area contributed by atoms with Crippen molar-refractivity contribution in [2.75, 3.05) is 0 Å². The molecule has 0 amide bonds. The Kier molecular flexibility index (Phi) is 5.70. The number of hydrogen-bond acceptors (Lipinski definition) is 3. The van der Waals surface area contributed by atoms with E-state index in [9.17, 15) is 5.11 Å². The van der Waals surface area contributed by atoms with Gasteiger partial charge in [0.15, 0.2) is 0 Å². The highest BCUT2D eigenvalue weighted by atomic mass is 16.3. The highest BCUT2D eigenvalue weighted by Gasteiger charge is 1.93. The van der Waals surface area contributed by atoms with Crippen LogP contribution in [-0.2, 0) is 0 Å². The fourth-order valence-corrected chi connectivity index (χ4v) is 1.63. The van der Waals surface area contributed by atoms with Crippen LogP contribution in [0.15, 0.2) is 79.4 Å². The normalized spacial score (nSPS) is 9.90. The Bertz CT molecular complexity index is 640. The minimum atomic E-state index is 0.310. The summed E-state index contributed by atoms with van der Waals surface area (Å²) in [7, 11) is 0. The van der Waals surface area contributed by atoms with Gasteiger partial charge in [-0.1, -0.05) is 60.7 Å². The van der Waals surface area contributed by atoms with Gasteiger partial charge in [-0.2, -0.15) is 0 Å². The first-order valence-corrected chi connectivity index (χ1v) is 6.57. The largest absolute Gasteiger partial charge is 0.507 e. The van der Waals surface area contributed by atoms with Crippen molar-refractivity contribution in [3.8, 4) is 5.75 Å². The Balaban J connectivity index is 0.000000225. The molecule has 0 aliphatic carbocycles. The molecule has 0 saturated carbocycles. The van der Waals surface area contributed by atoms with Crippen LogP contribution in [0, 0.1) is 0 Å². The van der Waals surface area contributed by atoms with Crippen LogP contribution in [0.4, 0.5) is 0 Å². The summed E-state index contributed by atoms with van der Waals surface area (Å²) in [4.78, 5) is 7.35. The Hall–Kier alpha value is -2.94. The second-order valence-electron chi connectivity index (χ2n) is 4.21. The number of rotatable bonds is 2. The fraction of sp³-hybridized carbons (Fsp3) is 0. The summed E-state index contributed by atoms with van der Waals surface area (Å²) in [6.07, 6.45) is 8.76. The highest BCUT2D eigenvalue weighted by Crippen LogP contribution is 2.18. The number of para-hydroxylation sites is 1. The fourth-order valence-electron chi connectivity index (χ4n) is 1.63. The van der Waals surface area contributed by atoms with Gasteiger partial charge in [-0.15, -0.1) is 0 Å². The summed E-state index contributed by atoms with van der Waals surface area (Å²) < 4.78 is 0. The van der Waals surface area contributed by atoms with E-state index in [1.165, 1.54) is 6.33 Å². The molecular formula is C18H16N2O. The molecule has 0 spiro atoms. The van der Waals surface area contributed by atoms with Gasteiger partial charge < -0.3 is 5.11 Å². The molecule has 3 nitrogen and oxygen atoms in total. The van der Waals surface area contributed by atoms with Crippen LogP contribution in [0.1, 0.15) is 11.1 Å². The van der Waals surface area contributed by atoms with Crippen molar-refractivity contribution < 1.29 is 5.11 Å². The molecule has 1 heterocycles. The Morgan fingerprint density at radius 2 is 1.38 bits per heavy atom. The lowest BCUT2D eigenvalue weighted by Gasteiger charge is -1.97. The number of benzene rings is 2. The summed E-state index contributed by atoms with van der Waals surface area (Å²) in [5.74, 6) is 0.310. The summed E-state index contributed by atoms with van der Waals surface area (Å²) in [6.45, 7) is 0. The van der Waals surface area contributed by atoms with Crippen LogP contribution in [0.2, 0.25) is 0 Å². The molecule has 2 aromatic carbocycles. The van der Waals surface area contributed by atoms with E-state index in [2.05, 4.69) is 9.97 Å². The lowest BCUT2D eigenvalue weighted by Crippen LogP contribution is -1.73. The second kappa shape index (κ2) is 8.27. The van der Waals surface area contributed by atoms with E-state index in [1.807, 2.05) is 60.7 Å². The number of nitrogens with zero attached hydrogens (tertiary/aromatic N) is 2. The molecule has 104 valence electrons. The summed E-state index contributed by atoms with van der Waals surface area (Å²) in [6, 6.07) is 19.1. The zero-order chi connectivity index (χ0) is 14.8. The monoisotopic (exact) mass is 276 g/mol. The van der Waals surface area contributed by atoms with Gasteiger partial charge >= 0.3 is 0 Å². The predicted molar refractivity (Wildman–Crippen MR) is 85.5 cm³/mol. The van der Waals surface area contributed by atoms with Gasteiger partial charge in [-0.25, -0.2) is 9.97 Å². The van der Waals surface area contributed by atoms with Crippen molar-refractivity contribution in [3.05, 3.63) is 90.5 Å². The predicted octanol–water partition coefficient (Wildman–Crippen LogP) is 4.04. The van der Waals surface area contributed by atoms with Crippen molar-refractivity contribution in [1.82, 2.24) is 9.97 Å². The van der Waals surface area contributed by atoms with Gasteiger partial charge in [0.25, 0.3) is 0 Å². The molecule has 3 heteroatoms. The molecule has 0 saturated heterocycles. The van der Waals surface area contributed by atoms with E-state index >= 15 is 0 Å². The lowest BCUT2D eigenvalue weighted by molar-refractivity contribution is 0.474. The van der Waals surface area contributed by atoms with E-state index in [0.717, 1.165) is 11.1 Å². The molecule has 0 unspecified atom stereocenters. The molecule has 3 aromatic rings. The van der Waals surface area contributed by atoms with Gasteiger partial charge in [0.1, 0.15) is 12.1 Å². The molecule has 0 aliphatic heterocycles. The van der Waals surface area contributed by atoms with E-state index in [-0.39, 0.29) is 0 Å². The van der Waals surface area contributed by atoms with E-state index in [1.54, 1.807) is 24.5 Å². The van der Waals surface area contributed by atoms with Crippen LogP contribution in [0.3, 0.4) is 0 Å². The van der Waals surface area contributed by atoms with Crippen molar-refractivity contribution in [1.29, 1.82) is 0 Å². The highest BCUT2D eigenvalue weighted by molar-refractivity contribution is 5.72. The first-order valence-electron chi connectivity index (χ1n) is 6.57. The smallest absolute Gasteiger partial charge is 0.122 e. The van der Waals surface area contributed by atoms with Crippen molar-refractivity contribution in [3.63, 3.8) is 0 Å². The van der Waals surface area contributed by atoms with E-state index in [0.29, 0.717) is 5.75 Å². The maximum absolute atomic E-state index is 9.54. The number of phenolic OH excluding ortho intramolecular Hbond substituents is 1. The second-order valence-corrected chi connectivity index (χ2v) is 4.21. The van der Waals surface area contributed by atoms with Gasteiger partial charge in [0.05, 0.1) is 0 Å². The molecule has 0 radical (unpaired) electrons. The van der Waals surface area contributed by atoms with Crippen molar-refractivity contribution >= 4 is 12.2 Å². The molecule has 0 aliphatic rings. The topological polar surface area (TPSA) is 46.0 Å². The maximum Gasteiger partial charge on any atom is 0.122 e. The third kappa shape index (κ3) is 5.28. The number of phenols is 1. The number of aromatic nitrogens is 2. The molecule has 0 bridgehead atoms. The Morgan fingerprint density at radius 1 is 0.714 bits per heavy atom. The number of aromatic hydroxyl groups is 1. The standard InChI is InChI=1S/C14H12O.C4H4N2/c15-14-9-5-4-8-13(14)11-10-12-6-2-1-3-7-12;1-2-5-4-6-3-1/h1-11,15H;1-4H. The van der Waals surface area contributed by atoms with Gasteiger partial charge in [-0.05, 0) is 17.7 Å².